The monoisotopic (exact) mass is 326 g/mol. The summed E-state index contributed by atoms with van der Waals surface area (Å²) in [5.74, 6) is 1.24. The number of halogens is 2. The van der Waals surface area contributed by atoms with Gasteiger partial charge in [-0.05, 0) is 51.2 Å². The molecule has 3 unspecified atom stereocenters. The van der Waals surface area contributed by atoms with E-state index in [1.165, 1.54) is 16.9 Å². The predicted molar refractivity (Wildman–Crippen MR) is 77.9 cm³/mol. The molecule has 0 nitrogen and oxygen atoms in total. The molecule has 0 amide bonds. The van der Waals surface area contributed by atoms with Crippen LogP contribution in [0.1, 0.15) is 28.2 Å². The summed E-state index contributed by atoms with van der Waals surface area (Å²) in [6, 6.07) is 12.8. The summed E-state index contributed by atoms with van der Waals surface area (Å²) in [6.45, 7) is 0. The lowest BCUT2D eigenvalue weighted by molar-refractivity contribution is 0.773. The molecule has 0 spiro atoms. The molecule has 3 heteroatoms. The third-order valence-corrected chi connectivity index (χ3v) is 5.96. The van der Waals surface area contributed by atoms with E-state index in [1.54, 1.807) is 11.3 Å². The molecule has 0 N–H and O–H groups in total. The molecule has 3 rings (SSSR count). The van der Waals surface area contributed by atoms with Gasteiger partial charge < -0.3 is 0 Å². The molecule has 1 fully saturated rings. The molecule has 1 heterocycles. The van der Waals surface area contributed by atoms with Gasteiger partial charge in [0.25, 0.3) is 0 Å². The summed E-state index contributed by atoms with van der Waals surface area (Å²) in [5, 5.41) is 2.24. The lowest BCUT2D eigenvalue weighted by atomic mass is 10.1. The molecule has 1 aliphatic carbocycles. The summed E-state index contributed by atoms with van der Waals surface area (Å²) in [6.07, 6.45) is 1.21. The zero-order chi connectivity index (χ0) is 11.8. The maximum atomic E-state index is 6.58. The molecule has 0 saturated heterocycles. The quantitative estimate of drug-likeness (QED) is 0.644. The first-order valence-electron chi connectivity index (χ1n) is 5.69. The van der Waals surface area contributed by atoms with Crippen LogP contribution in [0.2, 0.25) is 0 Å². The third-order valence-electron chi connectivity index (χ3n) is 3.34. The first kappa shape index (κ1) is 11.8. The topological polar surface area (TPSA) is 0 Å². The highest BCUT2D eigenvalue weighted by atomic mass is 79.9. The van der Waals surface area contributed by atoms with Crippen LogP contribution in [0.4, 0.5) is 0 Å². The van der Waals surface area contributed by atoms with E-state index in [-0.39, 0.29) is 5.38 Å². The van der Waals surface area contributed by atoms with E-state index in [0.717, 1.165) is 4.47 Å². The lowest BCUT2D eigenvalue weighted by Gasteiger charge is -2.07. The van der Waals surface area contributed by atoms with Gasteiger partial charge in [0.15, 0.2) is 0 Å². The fourth-order valence-corrected chi connectivity index (χ4v) is 4.67. The molecule has 88 valence electrons. The van der Waals surface area contributed by atoms with Crippen molar-refractivity contribution in [3.8, 4) is 0 Å². The average molecular weight is 328 g/mol. The zero-order valence-corrected chi connectivity index (χ0v) is 12.3. The number of thiophene rings is 1. The Bertz CT molecular complexity index is 508. The summed E-state index contributed by atoms with van der Waals surface area (Å²) in [7, 11) is 0. The van der Waals surface area contributed by atoms with E-state index >= 15 is 0 Å². The van der Waals surface area contributed by atoms with Gasteiger partial charge in [0.2, 0.25) is 0 Å². The van der Waals surface area contributed by atoms with Gasteiger partial charge in [-0.1, -0.05) is 30.3 Å². The maximum Gasteiger partial charge on any atom is 0.0724 e. The molecule has 0 radical (unpaired) electrons. The Morgan fingerprint density at radius 1 is 1.24 bits per heavy atom. The largest absolute Gasteiger partial charge is 0.146 e. The third kappa shape index (κ3) is 2.31. The molecule has 1 aromatic carbocycles. The molecule has 17 heavy (non-hydrogen) atoms. The van der Waals surface area contributed by atoms with E-state index in [9.17, 15) is 0 Å². The van der Waals surface area contributed by atoms with Crippen molar-refractivity contribution in [2.45, 2.75) is 17.7 Å². The molecule has 3 atom stereocenters. The fraction of sp³-hybridized carbons (Fsp3) is 0.286. The highest BCUT2D eigenvalue weighted by Crippen LogP contribution is 2.57. The molecule has 2 aromatic rings. The highest BCUT2D eigenvalue weighted by molar-refractivity contribution is 9.10. The predicted octanol–water partition coefficient (Wildman–Crippen LogP) is 5.59. The first-order valence-corrected chi connectivity index (χ1v) is 7.80. The van der Waals surface area contributed by atoms with Crippen LogP contribution < -0.4 is 0 Å². The average Bonchev–Trinajstić information content (AvgIpc) is 3.05. The van der Waals surface area contributed by atoms with Crippen LogP contribution in [0.3, 0.4) is 0 Å². The molecule has 0 aliphatic heterocycles. The van der Waals surface area contributed by atoms with Crippen LogP contribution >= 0.6 is 38.9 Å². The number of rotatable bonds is 3. The second-order valence-corrected chi connectivity index (χ2v) is 6.72. The smallest absolute Gasteiger partial charge is 0.0724 e. The Labute approximate surface area is 119 Å². The maximum absolute atomic E-state index is 6.58. The second kappa shape index (κ2) is 4.75. The van der Waals surface area contributed by atoms with Gasteiger partial charge in [0.1, 0.15) is 0 Å². The Balaban J connectivity index is 1.75. The number of hydrogen-bond acceptors (Lipinski definition) is 1. The van der Waals surface area contributed by atoms with Gasteiger partial charge >= 0.3 is 0 Å². The van der Waals surface area contributed by atoms with E-state index in [1.807, 2.05) is 0 Å². The van der Waals surface area contributed by atoms with Crippen molar-refractivity contribution in [1.82, 2.24) is 0 Å². The zero-order valence-electron chi connectivity index (χ0n) is 9.14. The number of hydrogen-bond donors (Lipinski definition) is 0. The minimum atomic E-state index is 0.148. The van der Waals surface area contributed by atoms with Crippen molar-refractivity contribution in [2.75, 3.05) is 0 Å². The first-order chi connectivity index (χ1) is 8.27. The van der Waals surface area contributed by atoms with E-state index < -0.39 is 0 Å². The van der Waals surface area contributed by atoms with Crippen molar-refractivity contribution >= 4 is 38.9 Å². The van der Waals surface area contributed by atoms with Crippen LogP contribution in [0.15, 0.2) is 46.3 Å². The van der Waals surface area contributed by atoms with Crippen molar-refractivity contribution < 1.29 is 0 Å². The van der Waals surface area contributed by atoms with Gasteiger partial charge in [-0.15, -0.1) is 22.9 Å². The van der Waals surface area contributed by atoms with E-state index in [0.29, 0.717) is 11.8 Å². The van der Waals surface area contributed by atoms with Crippen molar-refractivity contribution in [2.24, 2.45) is 5.92 Å². The van der Waals surface area contributed by atoms with Gasteiger partial charge in [0, 0.05) is 9.35 Å². The molecule has 0 bridgehead atoms. The minimum Gasteiger partial charge on any atom is -0.146 e. The SMILES string of the molecule is ClC(c1sccc1Br)C1CC1c1ccccc1. The normalized spacial score (nSPS) is 24.6. The van der Waals surface area contributed by atoms with Crippen LogP contribution in [0, 0.1) is 5.92 Å². The highest BCUT2D eigenvalue weighted by Gasteiger charge is 2.44. The summed E-state index contributed by atoms with van der Waals surface area (Å²) in [4.78, 5) is 1.27. The summed E-state index contributed by atoms with van der Waals surface area (Å²) < 4.78 is 1.15. The van der Waals surface area contributed by atoms with Crippen molar-refractivity contribution in [1.29, 1.82) is 0 Å². The van der Waals surface area contributed by atoms with Crippen LogP contribution in [-0.2, 0) is 0 Å². The molecule has 1 aliphatic rings. The minimum absolute atomic E-state index is 0.148. The summed E-state index contributed by atoms with van der Waals surface area (Å²) in [5.41, 5.74) is 1.43. The fourth-order valence-electron chi connectivity index (χ4n) is 2.32. The van der Waals surface area contributed by atoms with Crippen LogP contribution in [0.25, 0.3) is 0 Å². The molecular weight excluding hydrogens is 316 g/mol. The van der Waals surface area contributed by atoms with E-state index in [4.69, 9.17) is 11.6 Å². The molecule has 1 aromatic heterocycles. The van der Waals surface area contributed by atoms with Gasteiger partial charge in [-0.3, -0.25) is 0 Å². The summed E-state index contributed by atoms with van der Waals surface area (Å²) >= 11 is 11.9. The lowest BCUT2D eigenvalue weighted by Crippen LogP contribution is -1.93. The number of benzene rings is 1. The van der Waals surface area contributed by atoms with Gasteiger partial charge in [0.05, 0.1) is 5.38 Å². The van der Waals surface area contributed by atoms with Crippen molar-refractivity contribution in [3.63, 3.8) is 0 Å². The van der Waals surface area contributed by atoms with Gasteiger partial charge in [-0.2, -0.15) is 0 Å². The Hall–Kier alpha value is -0.310. The molecule has 1 saturated carbocycles. The Kier molecular flexibility index (Phi) is 3.29. The van der Waals surface area contributed by atoms with Crippen LogP contribution in [0.5, 0.6) is 0 Å². The molecular formula is C14H12BrClS. The number of alkyl halides is 1. The van der Waals surface area contributed by atoms with Gasteiger partial charge in [-0.25, -0.2) is 0 Å². The Morgan fingerprint density at radius 2 is 2.00 bits per heavy atom. The Morgan fingerprint density at radius 3 is 2.65 bits per heavy atom. The van der Waals surface area contributed by atoms with Crippen molar-refractivity contribution in [3.05, 3.63) is 56.7 Å². The van der Waals surface area contributed by atoms with Crippen LogP contribution in [-0.4, -0.2) is 0 Å². The second-order valence-electron chi connectivity index (χ2n) is 4.45. The standard InChI is InChI=1S/C14H12BrClS/c15-12-6-7-17-14(12)13(16)11-8-10(11)9-4-2-1-3-5-9/h1-7,10-11,13H,8H2. The van der Waals surface area contributed by atoms with E-state index in [2.05, 4.69) is 57.7 Å².